The standard InChI is InChI=1S/C14H28O2Si/c1-15-11-17(12-16-2,13-7-3-4-8-13)14-9-5-6-10-14/h13-14H,3-12H2,1-2H3. The van der Waals surface area contributed by atoms with Gasteiger partial charge >= 0.3 is 0 Å². The van der Waals surface area contributed by atoms with E-state index < -0.39 is 8.07 Å². The molecule has 0 aromatic rings. The van der Waals surface area contributed by atoms with Crippen molar-refractivity contribution >= 4 is 8.07 Å². The number of methoxy groups -OCH3 is 2. The number of ether oxygens (including phenoxy) is 2. The van der Waals surface area contributed by atoms with E-state index >= 15 is 0 Å². The van der Waals surface area contributed by atoms with Gasteiger partial charge in [-0.25, -0.2) is 0 Å². The van der Waals surface area contributed by atoms with Gasteiger partial charge in [0.15, 0.2) is 0 Å². The summed E-state index contributed by atoms with van der Waals surface area (Å²) in [6.07, 6.45) is 13.7. The molecule has 2 nitrogen and oxygen atoms in total. The van der Waals surface area contributed by atoms with Crippen LogP contribution in [0.25, 0.3) is 0 Å². The Kier molecular flexibility index (Phi) is 5.06. The first-order chi connectivity index (χ1) is 8.33. The normalized spacial score (nSPS) is 23.6. The maximum Gasteiger partial charge on any atom is 0.119 e. The Morgan fingerprint density at radius 2 is 1.12 bits per heavy atom. The molecule has 0 aromatic carbocycles. The highest BCUT2D eigenvalue weighted by molar-refractivity contribution is 6.82. The third kappa shape index (κ3) is 2.77. The molecule has 0 bridgehead atoms. The van der Waals surface area contributed by atoms with Crippen LogP contribution in [0.5, 0.6) is 0 Å². The molecule has 0 amide bonds. The maximum atomic E-state index is 5.67. The van der Waals surface area contributed by atoms with Gasteiger partial charge in [-0.2, -0.15) is 0 Å². The molecule has 2 saturated carbocycles. The van der Waals surface area contributed by atoms with Crippen molar-refractivity contribution < 1.29 is 9.47 Å². The lowest BCUT2D eigenvalue weighted by atomic mass is 10.3. The zero-order valence-corrected chi connectivity index (χ0v) is 12.5. The van der Waals surface area contributed by atoms with Crippen LogP contribution in [-0.2, 0) is 9.47 Å². The van der Waals surface area contributed by atoms with E-state index in [0.717, 1.165) is 23.5 Å². The number of hydrogen-bond donors (Lipinski definition) is 0. The minimum atomic E-state index is -1.37. The summed E-state index contributed by atoms with van der Waals surface area (Å²) in [6.45, 7) is 0. The van der Waals surface area contributed by atoms with Crippen LogP contribution in [0.2, 0.25) is 11.1 Å². The predicted octanol–water partition coefficient (Wildman–Crippen LogP) is 3.69. The van der Waals surface area contributed by atoms with Gasteiger partial charge in [0, 0.05) is 26.7 Å². The molecule has 0 radical (unpaired) electrons. The molecule has 0 spiro atoms. The molecule has 2 aliphatic carbocycles. The first-order valence-electron chi connectivity index (χ1n) is 7.31. The summed E-state index contributed by atoms with van der Waals surface area (Å²) < 4.78 is 11.3. The Hall–Kier alpha value is 0.137. The van der Waals surface area contributed by atoms with Crippen LogP contribution in [0.4, 0.5) is 0 Å². The molecule has 17 heavy (non-hydrogen) atoms. The SMILES string of the molecule is COC[Si](COC)(C1CCCC1)C1CCCC1. The van der Waals surface area contributed by atoms with Crippen molar-refractivity contribution in [3.63, 3.8) is 0 Å². The van der Waals surface area contributed by atoms with E-state index in [4.69, 9.17) is 9.47 Å². The zero-order valence-electron chi connectivity index (χ0n) is 11.5. The molecule has 2 fully saturated rings. The van der Waals surface area contributed by atoms with E-state index in [0.29, 0.717) is 0 Å². The molecular formula is C14H28O2Si. The second-order valence-corrected chi connectivity index (χ2v) is 10.7. The molecule has 0 N–H and O–H groups in total. The van der Waals surface area contributed by atoms with Gasteiger partial charge in [-0.15, -0.1) is 0 Å². The lowest BCUT2D eigenvalue weighted by molar-refractivity contribution is 0.209. The Labute approximate surface area is 107 Å². The average Bonchev–Trinajstić information content (AvgIpc) is 3.02. The van der Waals surface area contributed by atoms with Crippen LogP contribution in [0.1, 0.15) is 51.4 Å². The fourth-order valence-corrected chi connectivity index (χ4v) is 10.3. The molecular weight excluding hydrogens is 228 g/mol. The van der Waals surface area contributed by atoms with Crippen molar-refractivity contribution in [1.29, 1.82) is 0 Å². The molecule has 3 heteroatoms. The van der Waals surface area contributed by atoms with E-state index in [2.05, 4.69) is 0 Å². The summed E-state index contributed by atoms with van der Waals surface area (Å²) in [5.74, 6) is 0. The van der Waals surface area contributed by atoms with Gasteiger partial charge in [-0.05, 0) is 11.1 Å². The maximum absolute atomic E-state index is 5.67. The molecule has 0 aromatic heterocycles. The molecule has 0 heterocycles. The lowest BCUT2D eigenvalue weighted by Crippen LogP contribution is -2.52. The highest BCUT2D eigenvalue weighted by Crippen LogP contribution is 2.49. The predicted molar refractivity (Wildman–Crippen MR) is 73.9 cm³/mol. The summed E-state index contributed by atoms with van der Waals surface area (Å²) in [4.78, 5) is 0. The first kappa shape index (κ1) is 13.6. The van der Waals surface area contributed by atoms with Gasteiger partial charge in [0.1, 0.15) is 8.07 Å². The monoisotopic (exact) mass is 256 g/mol. The second-order valence-electron chi connectivity index (χ2n) is 6.06. The Morgan fingerprint density at radius 3 is 1.41 bits per heavy atom. The molecule has 2 aliphatic rings. The first-order valence-corrected chi connectivity index (χ1v) is 9.88. The van der Waals surface area contributed by atoms with Crippen molar-refractivity contribution in [3.8, 4) is 0 Å². The van der Waals surface area contributed by atoms with Crippen molar-refractivity contribution in [1.82, 2.24) is 0 Å². The quantitative estimate of drug-likeness (QED) is 0.675. The Bertz CT molecular complexity index is 196. The highest BCUT2D eigenvalue weighted by Gasteiger charge is 2.49. The topological polar surface area (TPSA) is 18.5 Å². The van der Waals surface area contributed by atoms with E-state index in [1.165, 1.54) is 51.4 Å². The highest BCUT2D eigenvalue weighted by atomic mass is 28.3. The van der Waals surface area contributed by atoms with Crippen LogP contribution < -0.4 is 0 Å². The number of rotatable bonds is 6. The Balaban J connectivity index is 2.16. The van der Waals surface area contributed by atoms with Gasteiger partial charge in [0.2, 0.25) is 0 Å². The van der Waals surface area contributed by atoms with Crippen LogP contribution in [0.15, 0.2) is 0 Å². The summed E-state index contributed by atoms with van der Waals surface area (Å²) >= 11 is 0. The van der Waals surface area contributed by atoms with Crippen LogP contribution in [0.3, 0.4) is 0 Å². The van der Waals surface area contributed by atoms with E-state index in [1.54, 1.807) is 0 Å². The summed E-state index contributed by atoms with van der Waals surface area (Å²) in [5, 5.41) is 0. The van der Waals surface area contributed by atoms with Crippen molar-refractivity contribution in [2.24, 2.45) is 0 Å². The van der Waals surface area contributed by atoms with Crippen molar-refractivity contribution in [3.05, 3.63) is 0 Å². The zero-order chi connectivity index (χ0) is 12.1. The van der Waals surface area contributed by atoms with E-state index in [9.17, 15) is 0 Å². The summed E-state index contributed by atoms with van der Waals surface area (Å²) in [6, 6.07) is 0. The minimum Gasteiger partial charge on any atom is -0.388 e. The van der Waals surface area contributed by atoms with Gasteiger partial charge in [-0.1, -0.05) is 51.4 Å². The van der Waals surface area contributed by atoms with Crippen LogP contribution >= 0.6 is 0 Å². The van der Waals surface area contributed by atoms with Crippen molar-refractivity contribution in [2.75, 3.05) is 26.7 Å². The third-order valence-electron chi connectivity index (χ3n) is 5.16. The molecule has 0 saturated heterocycles. The third-order valence-corrected chi connectivity index (χ3v) is 11.2. The van der Waals surface area contributed by atoms with Gasteiger partial charge in [-0.3, -0.25) is 0 Å². The van der Waals surface area contributed by atoms with Gasteiger partial charge in [0.25, 0.3) is 0 Å². The average molecular weight is 256 g/mol. The Morgan fingerprint density at radius 1 is 0.765 bits per heavy atom. The van der Waals surface area contributed by atoms with Gasteiger partial charge < -0.3 is 9.47 Å². The van der Waals surface area contributed by atoms with E-state index in [1.807, 2.05) is 14.2 Å². The smallest absolute Gasteiger partial charge is 0.119 e. The van der Waals surface area contributed by atoms with Crippen LogP contribution in [-0.4, -0.2) is 34.8 Å². The molecule has 0 unspecified atom stereocenters. The molecule has 2 rings (SSSR count). The molecule has 100 valence electrons. The largest absolute Gasteiger partial charge is 0.388 e. The minimum absolute atomic E-state index is 0.977. The molecule has 0 aliphatic heterocycles. The lowest BCUT2D eigenvalue weighted by Gasteiger charge is -2.41. The fraction of sp³-hybridized carbons (Fsp3) is 1.00. The summed E-state index contributed by atoms with van der Waals surface area (Å²) in [7, 11) is 2.41. The number of hydrogen-bond acceptors (Lipinski definition) is 2. The van der Waals surface area contributed by atoms with Gasteiger partial charge in [0.05, 0.1) is 0 Å². The van der Waals surface area contributed by atoms with Crippen molar-refractivity contribution in [2.45, 2.75) is 62.4 Å². The van der Waals surface area contributed by atoms with Crippen LogP contribution in [0, 0.1) is 0 Å². The summed E-state index contributed by atoms with van der Waals surface area (Å²) in [5.41, 5.74) is 1.95. The second kappa shape index (κ2) is 6.35. The van der Waals surface area contributed by atoms with E-state index in [-0.39, 0.29) is 0 Å². The molecule has 0 atom stereocenters. The fourth-order valence-electron chi connectivity index (χ4n) is 4.39.